The quantitative estimate of drug-likeness (QED) is 0.350. The minimum atomic E-state index is -1.43. The van der Waals surface area contributed by atoms with E-state index in [1.165, 1.54) is 24.8 Å². The molecule has 4 rings (SSSR count). The summed E-state index contributed by atoms with van der Waals surface area (Å²) < 4.78 is 5.96. The maximum absolute atomic E-state index is 12.4. The molecule has 0 unspecified atom stereocenters. The van der Waals surface area contributed by atoms with Gasteiger partial charge in [-0.1, -0.05) is 45.1 Å². The fraction of sp³-hybridized carbons (Fsp3) is 0.846. The minimum absolute atomic E-state index is 0.0191. The lowest BCUT2D eigenvalue weighted by molar-refractivity contribution is -0.155. The lowest BCUT2D eigenvalue weighted by Crippen LogP contribution is -2.52. The Bertz CT molecular complexity index is 768. The van der Waals surface area contributed by atoms with Gasteiger partial charge in [0.05, 0.1) is 8.07 Å². The Hall–Kier alpha value is -0.943. The molecule has 0 aromatic carbocycles. The van der Waals surface area contributed by atoms with E-state index >= 15 is 0 Å². The molecule has 0 aliphatic heterocycles. The van der Waals surface area contributed by atoms with Gasteiger partial charge in [-0.15, -0.1) is 0 Å². The number of rotatable bonds is 5. The first-order valence-electron chi connectivity index (χ1n) is 12.5. The van der Waals surface area contributed by atoms with Crippen molar-refractivity contribution in [2.24, 2.45) is 34.5 Å². The van der Waals surface area contributed by atoms with Crippen molar-refractivity contribution in [3.63, 3.8) is 0 Å². The van der Waals surface area contributed by atoms with Crippen LogP contribution in [0.3, 0.4) is 0 Å². The number of hydrogen-bond acceptors (Lipinski definition) is 4. The third-order valence-corrected chi connectivity index (χ3v) is 10.9. The van der Waals surface area contributed by atoms with Crippen molar-refractivity contribution in [2.75, 3.05) is 6.61 Å². The first-order chi connectivity index (χ1) is 14.5. The first kappa shape index (κ1) is 23.2. The van der Waals surface area contributed by atoms with E-state index in [1.54, 1.807) is 0 Å². The Morgan fingerprint density at radius 2 is 1.87 bits per heavy atom. The highest BCUT2D eigenvalue weighted by atomic mass is 28.3. The summed E-state index contributed by atoms with van der Waals surface area (Å²) in [4.78, 5) is 24.8. The highest BCUT2D eigenvalue weighted by molar-refractivity contribution is 6.78. The summed E-state index contributed by atoms with van der Waals surface area (Å²) >= 11 is 0. The van der Waals surface area contributed by atoms with Gasteiger partial charge in [0.15, 0.2) is 5.78 Å². The Labute approximate surface area is 189 Å². The molecule has 4 aliphatic carbocycles. The van der Waals surface area contributed by atoms with Gasteiger partial charge in [-0.3, -0.25) is 9.59 Å². The van der Waals surface area contributed by atoms with Gasteiger partial charge in [0, 0.05) is 12.0 Å². The summed E-state index contributed by atoms with van der Waals surface area (Å²) in [6.07, 6.45) is 11.1. The number of esters is 1. The average molecular weight is 447 g/mol. The molecule has 0 aromatic heterocycles. The molecule has 5 heteroatoms. The second-order valence-electron chi connectivity index (χ2n) is 12.6. The molecule has 7 atom stereocenters. The maximum atomic E-state index is 12.4. The molecule has 0 heterocycles. The van der Waals surface area contributed by atoms with E-state index in [0.29, 0.717) is 29.2 Å². The standard InChI is InChI=1S/C26H42O4Si/c1-25-12-10-18(30-24(29)16-31(3,4)5)14-17(25)6-7-19-20-8-9-22(23(28)15-27)26(20,2)13-11-21(19)25/h8,17-19,21-22,27H,6-7,9-16H2,1-5H3/t17-,18-,19-,21-,22+,25-,26-/m0/s1. The van der Waals surface area contributed by atoms with Crippen molar-refractivity contribution < 1.29 is 19.4 Å². The van der Waals surface area contributed by atoms with Gasteiger partial charge in [-0.25, -0.2) is 0 Å². The van der Waals surface area contributed by atoms with Crippen molar-refractivity contribution in [3.05, 3.63) is 11.6 Å². The summed E-state index contributed by atoms with van der Waals surface area (Å²) in [7, 11) is -1.43. The molecule has 174 valence electrons. The highest BCUT2D eigenvalue weighted by Crippen LogP contribution is 2.66. The molecule has 0 amide bonds. The number of carbonyl (C=O) groups excluding carboxylic acids is 2. The van der Waals surface area contributed by atoms with Crippen LogP contribution in [0, 0.1) is 34.5 Å². The number of Topliss-reactive ketones (excluding diaryl/α,β-unsaturated/α-hetero) is 1. The molecule has 4 aliphatic rings. The third kappa shape index (κ3) is 4.10. The molecule has 4 nitrogen and oxygen atoms in total. The van der Waals surface area contributed by atoms with E-state index in [1.807, 2.05) is 0 Å². The zero-order valence-electron chi connectivity index (χ0n) is 20.2. The normalized spacial score (nSPS) is 42.1. The summed E-state index contributed by atoms with van der Waals surface area (Å²) in [6, 6.07) is 0.622. The summed E-state index contributed by atoms with van der Waals surface area (Å²) in [5.41, 5.74) is 1.79. The van der Waals surface area contributed by atoms with Crippen molar-refractivity contribution >= 4 is 19.8 Å². The first-order valence-corrected chi connectivity index (χ1v) is 16.2. The lowest BCUT2D eigenvalue weighted by Gasteiger charge is -2.59. The van der Waals surface area contributed by atoms with E-state index in [4.69, 9.17) is 4.74 Å². The fourth-order valence-corrected chi connectivity index (χ4v) is 8.86. The Balaban J connectivity index is 1.45. The van der Waals surface area contributed by atoms with E-state index in [-0.39, 0.29) is 35.8 Å². The topological polar surface area (TPSA) is 63.6 Å². The van der Waals surface area contributed by atoms with Crippen molar-refractivity contribution in [2.45, 2.75) is 97.0 Å². The monoisotopic (exact) mass is 446 g/mol. The van der Waals surface area contributed by atoms with E-state index < -0.39 is 8.07 Å². The molecule has 1 N–H and O–H groups in total. The van der Waals surface area contributed by atoms with Crippen LogP contribution in [0.5, 0.6) is 0 Å². The molecule has 3 fully saturated rings. The van der Waals surface area contributed by atoms with E-state index in [0.717, 1.165) is 32.1 Å². The molecule has 0 spiro atoms. The average Bonchev–Trinajstić information content (AvgIpc) is 3.03. The predicted molar refractivity (Wildman–Crippen MR) is 125 cm³/mol. The van der Waals surface area contributed by atoms with Crippen molar-refractivity contribution in [1.82, 2.24) is 0 Å². The smallest absolute Gasteiger partial charge is 0.303 e. The zero-order chi connectivity index (χ0) is 22.6. The molecule has 0 radical (unpaired) electrons. The summed E-state index contributed by atoms with van der Waals surface area (Å²) in [6.45, 7) is 11.1. The Kier molecular flexibility index (Phi) is 6.09. The highest BCUT2D eigenvalue weighted by Gasteiger charge is 2.58. The van der Waals surface area contributed by atoms with Crippen LogP contribution in [-0.4, -0.2) is 37.6 Å². The third-order valence-electron chi connectivity index (χ3n) is 9.54. The van der Waals surface area contributed by atoms with Crippen molar-refractivity contribution in [3.8, 4) is 0 Å². The van der Waals surface area contributed by atoms with Crippen LogP contribution in [0.25, 0.3) is 0 Å². The molecule has 31 heavy (non-hydrogen) atoms. The van der Waals surface area contributed by atoms with Gasteiger partial charge in [-0.2, -0.15) is 0 Å². The molecule has 0 bridgehead atoms. The van der Waals surface area contributed by atoms with Gasteiger partial charge in [0.2, 0.25) is 0 Å². The molecular weight excluding hydrogens is 404 g/mol. The molecule has 3 saturated carbocycles. The van der Waals surface area contributed by atoms with Crippen LogP contribution in [-0.2, 0) is 14.3 Å². The van der Waals surface area contributed by atoms with Gasteiger partial charge >= 0.3 is 5.97 Å². The Morgan fingerprint density at radius 3 is 2.55 bits per heavy atom. The number of carbonyl (C=O) groups is 2. The number of aliphatic hydroxyl groups excluding tert-OH is 1. The van der Waals surface area contributed by atoms with Crippen LogP contribution in [0.4, 0.5) is 0 Å². The zero-order valence-corrected chi connectivity index (χ0v) is 21.2. The van der Waals surface area contributed by atoms with Gasteiger partial charge in [-0.05, 0) is 80.0 Å². The number of allylic oxidation sites excluding steroid dienone is 2. The second kappa shape index (κ2) is 8.13. The van der Waals surface area contributed by atoms with Gasteiger partial charge in [0.25, 0.3) is 0 Å². The second-order valence-corrected chi connectivity index (χ2v) is 18.1. The fourth-order valence-electron chi connectivity index (χ4n) is 7.91. The number of ether oxygens (including phenoxy) is 1. The van der Waals surface area contributed by atoms with Crippen molar-refractivity contribution in [1.29, 1.82) is 0 Å². The number of aliphatic hydroxyl groups is 1. The number of ketones is 1. The van der Waals surface area contributed by atoms with Crippen LogP contribution >= 0.6 is 0 Å². The molecule has 0 saturated heterocycles. The maximum Gasteiger partial charge on any atom is 0.303 e. The lowest BCUT2D eigenvalue weighted by atomic mass is 9.46. The Morgan fingerprint density at radius 1 is 1.13 bits per heavy atom. The largest absolute Gasteiger partial charge is 0.463 e. The van der Waals surface area contributed by atoms with Gasteiger partial charge in [0.1, 0.15) is 12.7 Å². The number of fused-ring (bicyclic) bond motifs is 5. The van der Waals surface area contributed by atoms with Crippen LogP contribution in [0.15, 0.2) is 11.6 Å². The summed E-state index contributed by atoms with van der Waals surface area (Å²) in [5, 5.41) is 9.47. The van der Waals surface area contributed by atoms with E-state index in [2.05, 4.69) is 39.6 Å². The molecule has 0 aromatic rings. The SMILES string of the molecule is C[C@]12CC[C@H](OC(=O)C[Si](C)(C)C)C[C@@H]1CC[C@H]1C3=CC[C@H](C(=O)CO)[C@@]3(C)CC[C@@H]12. The molecular formula is C26H42O4Si. The van der Waals surface area contributed by atoms with Crippen LogP contribution < -0.4 is 0 Å². The number of hydrogen-bond donors (Lipinski definition) is 1. The van der Waals surface area contributed by atoms with Crippen LogP contribution in [0.2, 0.25) is 25.7 Å². The minimum Gasteiger partial charge on any atom is -0.463 e. The predicted octanol–water partition coefficient (Wildman–Crippen LogP) is 5.38. The summed E-state index contributed by atoms with van der Waals surface area (Å²) in [5.74, 6) is 1.90. The van der Waals surface area contributed by atoms with E-state index in [9.17, 15) is 14.7 Å². The van der Waals surface area contributed by atoms with Gasteiger partial charge < -0.3 is 9.84 Å². The van der Waals surface area contributed by atoms with Crippen LogP contribution in [0.1, 0.15) is 65.2 Å².